The van der Waals surface area contributed by atoms with Crippen molar-refractivity contribution in [3.05, 3.63) is 18.5 Å². The van der Waals surface area contributed by atoms with Crippen LogP contribution in [-0.2, 0) is 11.3 Å². The number of rotatable bonds is 4. The van der Waals surface area contributed by atoms with E-state index in [2.05, 4.69) is 10.4 Å². The molecule has 2 N–H and O–H groups in total. The highest BCUT2D eigenvalue weighted by molar-refractivity contribution is 5.85. The molecule has 130 valence electrons. The number of carbonyl (C=O) groups excluding carboxylic acids is 1. The Morgan fingerprint density at radius 2 is 2.35 bits per heavy atom. The van der Waals surface area contributed by atoms with Crippen molar-refractivity contribution in [3.63, 3.8) is 0 Å². The van der Waals surface area contributed by atoms with Crippen LogP contribution in [0.3, 0.4) is 0 Å². The molecule has 2 aliphatic heterocycles. The normalized spacial score (nSPS) is 27.7. The highest BCUT2D eigenvalue weighted by Crippen LogP contribution is 2.36. The average Bonchev–Trinajstić information content (AvgIpc) is 3.04. The Labute approximate surface area is 143 Å². The van der Waals surface area contributed by atoms with E-state index in [0.29, 0.717) is 13.0 Å². The Morgan fingerprint density at radius 3 is 3.09 bits per heavy atom. The van der Waals surface area contributed by atoms with Crippen LogP contribution in [0.4, 0.5) is 0 Å². The van der Waals surface area contributed by atoms with Crippen molar-refractivity contribution >= 4 is 18.3 Å². The monoisotopic (exact) mass is 342 g/mol. The van der Waals surface area contributed by atoms with Gasteiger partial charge >= 0.3 is 0 Å². The molecule has 0 unspecified atom stereocenters. The van der Waals surface area contributed by atoms with Crippen molar-refractivity contribution in [1.29, 1.82) is 0 Å². The molecule has 6 nitrogen and oxygen atoms in total. The van der Waals surface area contributed by atoms with Crippen LogP contribution in [0.1, 0.15) is 32.1 Å². The van der Waals surface area contributed by atoms with Gasteiger partial charge in [-0.05, 0) is 38.3 Å². The molecule has 0 saturated carbocycles. The molecular weight excluding hydrogens is 316 g/mol. The highest BCUT2D eigenvalue weighted by atomic mass is 35.5. The van der Waals surface area contributed by atoms with Gasteiger partial charge in [0.2, 0.25) is 5.91 Å². The van der Waals surface area contributed by atoms with Gasteiger partial charge in [0.1, 0.15) is 0 Å². The molecule has 1 spiro atoms. The van der Waals surface area contributed by atoms with Crippen molar-refractivity contribution in [3.8, 4) is 0 Å². The van der Waals surface area contributed by atoms with Crippen molar-refractivity contribution in [2.24, 2.45) is 5.41 Å². The zero-order chi connectivity index (χ0) is 15.4. The number of aromatic nitrogens is 2. The lowest BCUT2D eigenvalue weighted by Gasteiger charge is -2.48. The summed E-state index contributed by atoms with van der Waals surface area (Å²) in [6.07, 6.45) is 7.56. The number of likely N-dealkylation sites (tertiary alicyclic amines) is 1. The number of nitrogens with zero attached hydrogens (tertiary/aromatic N) is 3. The van der Waals surface area contributed by atoms with E-state index in [1.165, 1.54) is 0 Å². The number of aliphatic hydroxyl groups is 1. The minimum absolute atomic E-state index is 0. The lowest BCUT2D eigenvalue weighted by molar-refractivity contribution is -0.138. The molecule has 2 saturated heterocycles. The van der Waals surface area contributed by atoms with Crippen LogP contribution in [0.15, 0.2) is 18.5 Å². The fraction of sp³-hybridized carbons (Fsp3) is 0.750. The summed E-state index contributed by atoms with van der Waals surface area (Å²) in [6, 6.07) is 1.90. The molecule has 0 aliphatic carbocycles. The van der Waals surface area contributed by atoms with E-state index >= 15 is 0 Å². The molecule has 1 aromatic heterocycles. The minimum atomic E-state index is -0.284. The Morgan fingerprint density at radius 1 is 1.48 bits per heavy atom. The molecule has 0 radical (unpaired) electrons. The Hall–Kier alpha value is -1.11. The zero-order valence-electron chi connectivity index (χ0n) is 13.5. The SMILES string of the molecule is Cl.O=C(CCCn1cccn1)N1CCC[C@]2(CNCC[C@@H]2O)C1. The van der Waals surface area contributed by atoms with Crippen LogP contribution in [0.5, 0.6) is 0 Å². The standard InChI is InChI=1S/C16H26N4O2.ClH/c21-14-5-8-17-12-16(14)6-2-9-19(13-16)15(22)4-1-10-20-11-3-7-18-20;/h3,7,11,14,17,21H,1-2,4-6,8-10,12-13H2;1H/t14-,16-;/m0./s1. The number of carbonyl (C=O) groups is 1. The lowest BCUT2D eigenvalue weighted by Crippen LogP contribution is -2.58. The first-order chi connectivity index (χ1) is 10.7. The smallest absolute Gasteiger partial charge is 0.222 e. The van der Waals surface area contributed by atoms with Gasteiger partial charge in [-0.1, -0.05) is 0 Å². The number of amides is 1. The number of hydrogen-bond acceptors (Lipinski definition) is 4. The van der Waals surface area contributed by atoms with Gasteiger partial charge in [-0.15, -0.1) is 12.4 Å². The summed E-state index contributed by atoms with van der Waals surface area (Å²) in [5.74, 6) is 0.212. The van der Waals surface area contributed by atoms with Gasteiger partial charge in [0.05, 0.1) is 6.10 Å². The summed E-state index contributed by atoms with van der Waals surface area (Å²) in [7, 11) is 0. The van der Waals surface area contributed by atoms with Crippen LogP contribution in [0.25, 0.3) is 0 Å². The van der Waals surface area contributed by atoms with Crippen molar-refractivity contribution in [1.82, 2.24) is 20.0 Å². The van der Waals surface area contributed by atoms with E-state index < -0.39 is 0 Å². The fourth-order valence-corrected chi connectivity index (χ4v) is 3.77. The third kappa shape index (κ3) is 4.25. The first kappa shape index (κ1) is 18.2. The number of nitrogens with one attached hydrogen (secondary N) is 1. The second-order valence-electron chi connectivity index (χ2n) is 6.64. The van der Waals surface area contributed by atoms with Crippen LogP contribution in [-0.4, -0.2) is 58.0 Å². The molecular formula is C16H27ClN4O2. The Balaban J connectivity index is 0.00000192. The number of piperidine rings is 2. The summed E-state index contributed by atoms with van der Waals surface area (Å²) in [5.41, 5.74) is -0.131. The molecule has 0 aromatic carbocycles. The number of aryl methyl sites for hydroxylation is 1. The van der Waals surface area contributed by atoms with Gasteiger partial charge in [-0.2, -0.15) is 5.10 Å². The Bertz CT molecular complexity index is 492. The van der Waals surface area contributed by atoms with Gasteiger partial charge in [0.15, 0.2) is 0 Å². The quantitative estimate of drug-likeness (QED) is 0.858. The summed E-state index contributed by atoms with van der Waals surface area (Å²) in [5, 5.41) is 17.9. The number of hydrogen-bond donors (Lipinski definition) is 2. The second kappa shape index (κ2) is 8.13. The maximum atomic E-state index is 12.5. The van der Waals surface area contributed by atoms with Crippen LogP contribution in [0, 0.1) is 5.41 Å². The third-order valence-corrected chi connectivity index (χ3v) is 5.08. The molecule has 2 fully saturated rings. The van der Waals surface area contributed by atoms with Gasteiger partial charge in [0.25, 0.3) is 0 Å². The molecule has 1 aromatic rings. The average molecular weight is 343 g/mol. The molecule has 3 heterocycles. The maximum absolute atomic E-state index is 12.5. The number of halogens is 1. The summed E-state index contributed by atoms with van der Waals surface area (Å²) >= 11 is 0. The molecule has 23 heavy (non-hydrogen) atoms. The van der Waals surface area contributed by atoms with Crippen LogP contribution >= 0.6 is 12.4 Å². The molecule has 1 amide bonds. The predicted octanol–water partition coefficient (Wildman–Crippen LogP) is 1.05. The molecule has 3 rings (SSSR count). The first-order valence-corrected chi connectivity index (χ1v) is 8.34. The van der Waals surface area contributed by atoms with Gasteiger partial charge < -0.3 is 15.3 Å². The summed E-state index contributed by atoms with van der Waals surface area (Å²) < 4.78 is 1.86. The van der Waals surface area contributed by atoms with E-state index in [0.717, 1.165) is 51.9 Å². The second-order valence-corrected chi connectivity index (χ2v) is 6.64. The highest BCUT2D eigenvalue weighted by Gasteiger charge is 2.43. The zero-order valence-corrected chi connectivity index (χ0v) is 14.3. The largest absolute Gasteiger partial charge is 0.392 e. The minimum Gasteiger partial charge on any atom is -0.392 e. The third-order valence-electron chi connectivity index (χ3n) is 5.08. The van der Waals surface area contributed by atoms with Crippen molar-refractivity contribution in [2.45, 2.75) is 44.8 Å². The molecule has 2 aliphatic rings. The first-order valence-electron chi connectivity index (χ1n) is 8.34. The van der Waals surface area contributed by atoms with Crippen LogP contribution < -0.4 is 5.32 Å². The van der Waals surface area contributed by atoms with Crippen molar-refractivity contribution < 1.29 is 9.90 Å². The van der Waals surface area contributed by atoms with E-state index in [1.807, 2.05) is 21.8 Å². The van der Waals surface area contributed by atoms with Crippen molar-refractivity contribution in [2.75, 3.05) is 26.2 Å². The van der Waals surface area contributed by atoms with Gasteiger partial charge in [-0.25, -0.2) is 0 Å². The van der Waals surface area contributed by atoms with E-state index in [4.69, 9.17) is 0 Å². The topological polar surface area (TPSA) is 70.4 Å². The van der Waals surface area contributed by atoms with Gasteiger partial charge in [0, 0.05) is 50.4 Å². The summed E-state index contributed by atoms with van der Waals surface area (Å²) in [4.78, 5) is 14.4. The van der Waals surface area contributed by atoms with Crippen LogP contribution in [0.2, 0.25) is 0 Å². The molecule has 0 bridgehead atoms. The van der Waals surface area contributed by atoms with E-state index in [1.54, 1.807) is 6.20 Å². The molecule has 2 atom stereocenters. The van der Waals surface area contributed by atoms with Gasteiger partial charge in [-0.3, -0.25) is 9.48 Å². The molecule has 7 heteroatoms. The summed E-state index contributed by atoms with van der Waals surface area (Å²) in [6.45, 7) is 4.00. The predicted molar refractivity (Wildman–Crippen MR) is 90.4 cm³/mol. The fourth-order valence-electron chi connectivity index (χ4n) is 3.77. The maximum Gasteiger partial charge on any atom is 0.222 e. The Kier molecular flexibility index (Phi) is 6.44. The van der Waals surface area contributed by atoms with E-state index in [-0.39, 0.29) is 29.8 Å². The lowest BCUT2D eigenvalue weighted by atomic mass is 9.72. The van der Waals surface area contributed by atoms with E-state index in [9.17, 15) is 9.90 Å². The number of aliphatic hydroxyl groups excluding tert-OH is 1.